The number of phenolic OH excluding ortho intramolecular Hbond substituents is 1. The number of hydrogen-bond donors (Lipinski definition) is 3. The second-order valence-corrected chi connectivity index (χ2v) is 5.56. The molecule has 4 nitrogen and oxygen atoms in total. The molecule has 0 aliphatic rings. The summed E-state index contributed by atoms with van der Waals surface area (Å²) in [4.78, 5) is 11.2. The van der Waals surface area contributed by atoms with Crippen LogP contribution in [0, 0.1) is 0 Å². The number of rotatable bonds is 4. The lowest BCUT2D eigenvalue weighted by atomic mass is 10.1. The molecule has 0 saturated heterocycles. The van der Waals surface area contributed by atoms with E-state index < -0.39 is 5.91 Å². The van der Waals surface area contributed by atoms with E-state index in [9.17, 15) is 9.90 Å². The van der Waals surface area contributed by atoms with E-state index in [0.717, 1.165) is 0 Å². The van der Waals surface area contributed by atoms with Crippen LogP contribution in [0.25, 0.3) is 0 Å². The minimum atomic E-state index is -0.552. The van der Waals surface area contributed by atoms with E-state index in [2.05, 4.69) is 5.32 Å². The van der Waals surface area contributed by atoms with Gasteiger partial charge in [-0.25, -0.2) is 0 Å². The Morgan fingerprint density at radius 1 is 1.14 bits per heavy atom. The highest BCUT2D eigenvalue weighted by Gasteiger charge is 2.10. The summed E-state index contributed by atoms with van der Waals surface area (Å²) in [5.41, 5.74) is 6.57. The van der Waals surface area contributed by atoms with E-state index in [1.807, 2.05) is 0 Å². The highest BCUT2D eigenvalue weighted by Crippen LogP contribution is 2.32. The van der Waals surface area contributed by atoms with Crippen LogP contribution in [0.3, 0.4) is 0 Å². The third-order valence-electron chi connectivity index (χ3n) is 2.83. The number of carbonyl (C=O) groups is 1. The molecule has 0 unspecified atom stereocenters. The van der Waals surface area contributed by atoms with Gasteiger partial charge in [0.1, 0.15) is 5.75 Å². The fourth-order valence-electron chi connectivity index (χ4n) is 1.76. The quantitative estimate of drug-likeness (QED) is 0.782. The fourth-order valence-corrected chi connectivity index (χ4v) is 2.48. The van der Waals surface area contributed by atoms with Gasteiger partial charge in [-0.1, -0.05) is 34.8 Å². The smallest absolute Gasteiger partial charge is 0.248 e. The highest BCUT2D eigenvalue weighted by atomic mass is 35.5. The Morgan fingerprint density at radius 2 is 1.86 bits per heavy atom. The molecule has 21 heavy (non-hydrogen) atoms. The zero-order valence-corrected chi connectivity index (χ0v) is 12.9. The molecule has 0 radical (unpaired) electrons. The zero-order chi connectivity index (χ0) is 15.6. The summed E-state index contributed by atoms with van der Waals surface area (Å²) in [5, 5.41) is 13.9. The van der Waals surface area contributed by atoms with Crippen molar-refractivity contribution in [3.63, 3.8) is 0 Å². The van der Waals surface area contributed by atoms with Crippen LogP contribution in [-0.2, 0) is 6.54 Å². The van der Waals surface area contributed by atoms with E-state index >= 15 is 0 Å². The van der Waals surface area contributed by atoms with Crippen molar-refractivity contribution in [2.45, 2.75) is 6.54 Å². The number of anilines is 1. The average Bonchev–Trinajstić information content (AvgIpc) is 2.42. The fraction of sp³-hybridized carbons (Fsp3) is 0.0714. The Kier molecular flexibility index (Phi) is 4.83. The number of hydrogen-bond acceptors (Lipinski definition) is 3. The molecule has 0 heterocycles. The first-order valence-electron chi connectivity index (χ1n) is 5.88. The van der Waals surface area contributed by atoms with Gasteiger partial charge in [-0.15, -0.1) is 0 Å². The molecule has 0 bridgehead atoms. The van der Waals surface area contributed by atoms with Gasteiger partial charge in [-0.3, -0.25) is 4.79 Å². The van der Waals surface area contributed by atoms with Crippen LogP contribution in [-0.4, -0.2) is 11.0 Å². The van der Waals surface area contributed by atoms with Crippen molar-refractivity contribution in [3.05, 3.63) is 56.5 Å². The Bertz CT molecular complexity index is 705. The van der Waals surface area contributed by atoms with Gasteiger partial charge in [-0.2, -0.15) is 0 Å². The molecule has 0 saturated carbocycles. The van der Waals surface area contributed by atoms with E-state index in [4.69, 9.17) is 40.5 Å². The van der Waals surface area contributed by atoms with Crippen LogP contribution in [0.5, 0.6) is 5.75 Å². The second kappa shape index (κ2) is 6.43. The molecule has 0 fully saturated rings. The normalized spacial score (nSPS) is 10.4. The Labute approximate surface area is 136 Å². The molecule has 0 spiro atoms. The van der Waals surface area contributed by atoms with Crippen LogP contribution in [0.4, 0.5) is 5.69 Å². The van der Waals surface area contributed by atoms with Gasteiger partial charge >= 0.3 is 0 Å². The Balaban J connectivity index is 2.24. The Hall–Kier alpha value is -1.62. The molecule has 110 valence electrons. The summed E-state index contributed by atoms with van der Waals surface area (Å²) in [6.45, 7) is 0.230. The van der Waals surface area contributed by atoms with Gasteiger partial charge in [0.15, 0.2) is 0 Å². The van der Waals surface area contributed by atoms with E-state index in [1.165, 1.54) is 18.2 Å². The van der Waals surface area contributed by atoms with Gasteiger partial charge in [0.25, 0.3) is 0 Å². The molecule has 2 aromatic carbocycles. The first-order chi connectivity index (χ1) is 9.88. The van der Waals surface area contributed by atoms with Gasteiger partial charge in [-0.05, 0) is 30.3 Å². The maximum Gasteiger partial charge on any atom is 0.248 e. The number of amides is 1. The molecular weight excluding hydrogens is 335 g/mol. The number of nitrogens with two attached hydrogens (primary N) is 1. The molecule has 7 heteroatoms. The van der Waals surface area contributed by atoms with Crippen LogP contribution < -0.4 is 11.1 Å². The molecular formula is C14H11Cl3N2O2. The third kappa shape index (κ3) is 3.73. The summed E-state index contributed by atoms with van der Waals surface area (Å²) < 4.78 is 0. The van der Waals surface area contributed by atoms with Crippen molar-refractivity contribution >= 4 is 46.4 Å². The van der Waals surface area contributed by atoms with Gasteiger partial charge in [0, 0.05) is 22.7 Å². The lowest BCUT2D eigenvalue weighted by Crippen LogP contribution is -2.11. The summed E-state index contributed by atoms with van der Waals surface area (Å²) in [6.07, 6.45) is 0. The SMILES string of the molecule is NC(=O)c1ccc(Cl)c(NCc2cc(Cl)cc(Cl)c2O)c1. The predicted octanol–water partition coefficient (Wildman–Crippen LogP) is 4.06. The molecule has 4 N–H and O–H groups in total. The second-order valence-electron chi connectivity index (χ2n) is 4.31. The van der Waals surface area contributed by atoms with Crippen molar-refractivity contribution in [1.82, 2.24) is 0 Å². The number of benzene rings is 2. The first kappa shape index (κ1) is 15.8. The van der Waals surface area contributed by atoms with E-state index in [1.54, 1.807) is 12.1 Å². The maximum absolute atomic E-state index is 11.2. The molecule has 0 atom stereocenters. The van der Waals surface area contributed by atoms with E-state index in [-0.39, 0.29) is 17.3 Å². The van der Waals surface area contributed by atoms with Crippen molar-refractivity contribution in [3.8, 4) is 5.75 Å². The Morgan fingerprint density at radius 3 is 2.52 bits per heavy atom. The summed E-state index contributed by atoms with van der Waals surface area (Å²) >= 11 is 17.8. The minimum absolute atomic E-state index is 0.0595. The van der Waals surface area contributed by atoms with Crippen molar-refractivity contribution < 1.29 is 9.90 Å². The first-order valence-corrected chi connectivity index (χ1v) is 7.02. The predicted molar refractivity (Wildman–Crippen MR) is 85.4 cm³/mol. The third-order valence-corrected chi connectivity index (χ3v) is 3.66. The lowest BCUT2D eigenvalue weighted by molar-refractivity contribution is 0.100. The minimum Gasteiger partial charge on any atom is -0.506 e. The molecule has 2 rings (SSSR count). The monoisotopic (exact) mass is 344 g/mol. The summed E-state index contributed by atoms with van der Waals surface area (Å²) in [6, 6.07) is 7.66. The molecule has 0 aliphatic carbocycles. The molecule has 2 aromatic rings. The van der Waals surface area contributed by atoms with Gasteiger partial charge in [0.05, 0.1) is 15.7 Å². The van der Waals surface area contributed by atoms with E-state index in [0.29, 0.717) is 26.9 Å². The topological polar surface area (TPSA) is 75.4 Å². The number of aromatic hydroxyl groups is 1. The number of primary amides is 1. The maximum atomic E-state index is 11.2. The van der Waals surface area contributed by atoms with Crippen molar-refractivity contribution in [2.75, 3.05) is 5.32 Å². The largest absolute Gasteiger partial charge is 0.506 e. The number of carbonyl (C=O) groups excluding carboxylic acids is 1. The standard InChI is InChI=1S/C14H11Cl3N2O2/c15-9-3-8(13(20)11(17)5-9)6-19-12-4-7(14(18)21)1-2-10(12)16/h1-5,19-20H,6H2,(H2,18,21). The van der Waals surface area contributed by atoms with Crippen LogP contribution in [0.1, 0.15) is 15.9 Å². The molecule has 1 amide bonds. The van der Waals surface area contributed by atoms with Crippen LogP contribution in [0.15, 0.2) is 30.3 Å². The summed E-state index contributed by atoms with van der Waals surface area (Å²) in [7, 11) is 0. The van der Waals surface area contributed by atoms with Crippen LogP contribution in [0.2, 0.25) is 15.1 Å². The van der Waals surface area contributed by atoms with Gasteiger partial charge < -0.3 is 16.2 Å². The number of nitrogens with one attached hydrogen (secondary N) is 1. The van der Waals surface area contributed by atoms with Crippen molar-refractivity contribution in [1.29, 1.82) is 0 Å². The van der Waals surface area contributed by atoms with Gasteiger partial charge in [0.2, 0.25) is 5.91 Å². The van der Waals surface area contributed by atoms with Crippen molar-refractivity contribution in [2.24, 2.45) is 5.73 Å². The molecule has 0 aromatic heterocycles. The number of halogens is 3. The lowest BCUT2D eigenvalue weighted by Gasteiger charge is -2.12. The summed E-state index contributed by atoms with van der Waals surface area (Å²) in [5.74, 6) is -0.612. The average molecular weight is 346 g/mol. The van der Waals surface area contributed by atoms with Crippen LogP contribution >= 0.6 is 34.8 Å². The number of phenols is 1. The molecule has 0 aliphatic heterocycles. The highest BCUT2D eigenvalue weighted by molar-refractivity contribution is 6.35. The zero-order valence-electron chi connectivity index (χ0n) is 10.7.